The predicted octanol–water partition coefficient (Wildman–Crippen LogP) is 2.47. The van der Waals surface area contributed by atoms with E-state index in [0.29, 0.717) is 38.3 Å². The van der Waals surface area contributed by atoms with Gasteiger partial charge >= 0.3 is 0 Å². The van der Waals surface area contributed by atoms with Crippen LogP contribution in [0.2, 0.25) is 0 Å². The molecule has 0 radical (unpaired) electrons. The average Bonchev–Trinajstić information content (AvgIpc) is 2.52. The Balaban J connectivity index is 2.53. The van der Waals surface area contributed by atoms with Gasteiger partial charge in [0.2, 0.25) is 0 Å². The predicted molar refractivity (Wildman–Crippen MR) is 89.6 cm³/mol. The van der Waals surface area contributed by atoms with Crippen LogP contribution in [-0.2, 0) is 6.42 Å². The molecule has 0 heterocycles. The summed E-state index contributed by atoms with van der Waals surface area (Å²) in [5.74, 6) is 0.466. The largest absolute Gasteiger partial charge is 0.388 e. The van der Waals surface area contributed by atoms with Crippen LogP contribution in [0.4, 0.5) is 4.39 Å². The lowest BCUT2D eigenvalue weighted by atomic mass is 9.98. The monoisotopic (exact) mass is 309 g/mol. The van der Waals surface area contributed by atoms with Crippen LogP contribution in [0.3, 0.4) is 0 Å². The highest BCUT2D eigenvalue weighted by Crippen LogP contribution is 2.14. The topological polar surface area (TPSA) is 56.7 Å². The Hall–Kier alpha value is -1.62. The molecule has 0 aliphatic heterocycles. The quantitative estimate of drug-likeness (QED) is 0.511. The van der Waals surface area contributed by atoms with Crippen LogP contribution >= 0.6 is 0 Å². The van der Waals surface area contributed by atoms with Gasteiger partial charge in [0, 0.05) is 13.1 Å². The Morgan fingerprint density at radius 2 is 1.95 bits per heavy atom. The first-order valence-electron chi connectivity index (χ1n) is 8.02. The van der Waals surface area contributed by atoms with Gasteiger partial charge in [0.25, 0.3) is 0 Å². The van der Waals surface area contributed by atoms with Crippen molar-refractivity contribution in [1.82, 2.24) is 10.6 Å². The smallest absolute Gasteiger partial charge is 0.191 e. The van der Waals surface area contributed by atoms with Gasteiger partial charge < -0.3 is 15.7 Å². The zero-order valence-electron chi connectivity index (χ0n) is 13.8. The molecule has 0 spiro atoms. The van der Waals surface area contributed by atoms with E-state index >= 15 is 0 Å². The molecule has 4 nitrogen and oxygen atoms in total. The lowest BCUT2D eigenvalue weighted by Gasteiger charge is -2.23. The van der Waals surface area contributed by atoms with E-state index < -0.39 is 5.60 Å². The molecule has 0 fully saturated rings. The van der Waals surface area contributed by atoms with Gasteiger partial charge in [-0.05, 0) is 43.9 Å². The summed E-state index contributed by atoms with van der Waals surface area (Å²) in [4.78, 5) is 4.45. The molecule has 0 bridgehead atoms. The number of aliphatic hydroxyl groups is 1. The van der Waals surface area contributed by atoms with Gasteiger partial charge in [-0.3, -0.25) is 4.99 Å². The highest BCUT2D eigenvalue weighted by atomic mass is 19.1. The molecule has 1 rings (SSSR count). The van der Waals surface area contributed by atoms with Gasteiger partial charge in [0.1, 0.15) is 5.82 Å². The van der Waals surface area contributed by atoms with Gasteiger partial charge in [-0.15, -0.1) is 0 Å². The standard InChI is InChI=1S/C17H28FN3O/c1-4-17(22,5-2)13-21-16(19-6-3)20-11-10-14-8-7-9-15(18)12-14/h7-9,12,22H,4-6,10-11,13H2,1-3H3,(H2,19,20,21). The molecule has 0 aromatic heterocycles. The summed E-state index contributed by atoms with van der Waals surface area (Å²) in [5, 5.41) is 16.6. The Morgan fingerprint density at radius 3 is 2.55 bits per heavy atom. The van der Waals surface area contributed by atoms with Crippen LogP contribution in [0.25, 0.3) is 0 Å². The minimum Gasteiger partial charge on any atom is -0.388 e. The summed E-state index contributed by atoms with van der Waals surface area (Å²) in [6, 6.07) is 6.60. The molecule has 1 aromatic rings. The first-order valence-corrected chi connectivity index (χ1v) is 8.02. The van der Waals surface area contributed by atoms with Crippen molar-refractivity contribution in [3.8, 4) is 0 Å². The molecule has 1 aromatic carbocycles. The Bertz CT molecular complexity index is 473. The summed E-state index contributed by atoms with van der Waals surface area (Å²) >= 11 is 0. The zero-order valence-corrected chi connectivity index (χ0v) is 13.8. The van der Waals surface area contributed by atoms with Crippen molar-refractivity contribution < 1.29 is 9.50 Å². The summed E-state index contributed by atoms with van der Waals surface area (Å²) in [5.41, 5.74) is 0.201. The third-order valence-corrected chi connectivity index (χ3v) is 3.79. The summed E-state index contributed by atoms with van der Waals surface area (Å²) in [6.45, 7) is 7.70. The second-order valence-electron chi connectivity index (χ2n) is 5.43. The van der Waals surface area contributed by atoms with Crippen molar-refractivity contribution in [3.05, 3.63) is 35.6 Å². The van der Waals surface area contributed by atoms with Crippen molar-refractivity contribution in [2.24, 2.45) is 4.99 Å². The maximum absolute atomic E-state index is 13.1. The minimum absolute atomic E-state index is 0.214. The first-order chi connectivity index (χ1) is 10.5. The Morgan fingerprint density at radius 1 is 1.23 bits per heavy atom. The number of hydrogen-bond acceptors (Lipinski definition) is 2. The molecule has 0 saturated heterocycles. The number of halogens is 1. The molecule has 22 heavy (non-hydrogen) atoms. The Labute approximate surface area is 132 Å². The molecular formula is C17H28FN3O. The molecule has 0 unspecified atom stereocenters. The fourth-order valence-electron chi connectivity index (χ4n) is 2.06. The molecule has 0 aliphatic carbocycles. The number of hydrogen-bond donors (Lipinski definition) is 3. The van der Waals surface area contributed by atoms with Crippen LogP contribution in [0.1, 0.15) is 39.2 Å². The van der Waals surface area contributed by atoms with Gasteiger partial charge in [0.05, 0.1) is 12.1 Å². The number of aliphatic imine (C=N–C) groups is 1. The van der Waals surface area contributed by atoms with Crippen LogP contribution in [0, 0.1) is 5.82 Å². The fourth-order valence-corrected chi connectivity index (χ4v) is 2.06. The van der Waals surface area contributed by atoms with Crippen LogP contribution in [-0.4, -0.2) is 36.3 Å². The number of nitrogens with zero attached hydrogens (tertiary/aromatic N) is 1. The van der Waals surface area contributed by atoms with Gasteiger partial charge in [-0.2, -0.15) is 0 Å². The normalized spacial score (nSPS) is 12.3. The van der Waals surface area contributed by atoms with Crippen molar-refractivity contribution in [1.29, 1.82) is 0 Å². The van der Waals surface area contributed by atoms with Crippen molar-refractivity contribution in [3.63, 3.8) is 0 Å². The molecule has 0 atom stereocenters. The highest BCUT2D eigenvalue weighted by molar-refractivity contribution is 5.79. The van der Waals surface area contributed by atoms with Gasteiger partial charge in [-0.1, -0.05) is 26.0 Å². The van der Waals surface area contributed by atoms with Crippen LogP contribution < -0.4 is 10.6 Å². The van der Waals surface area contributed by atoms with Gasteiger partial charge in [-0.25, -0.2) is 4.39 Å². The second-order valence-corrected chi connectivity index (χ2v) is 5.43. The molecule has 5 heteroatoms. The SMILES string of the molecule is CCNC(=NCC(O)(CC)CC)NCCc1cccc(F)c1. The van der Waals surface area contributed by atoms with E-state index in [1.165, 1.54) is 6.07 Å². The van der Waals surface area contributed by atoms with E-state index in [0.717, 1.165) is 12.1 Å². The number of guanidine groups is 1. The lowest BCUT2D eigenvalue weighted by Crippen LogP contribution is -2.40. The molecule has 124 valence electrons. The van der Waals surface area contributed by atoms with E-state index in [-0.39, 0.29) is 5.82 Å². The number of benzene rings is 1. The van der Waals surface area contributed by atoms with E-state index in [1.54, 1.807) is 12.1 Å². The van der Waals surface area contributed by atoms with E-state index in [1.807, 2.05) is 26.8 Å². The van der Waals surface area contributed by atoms with Crippen molar-refractivity contribution >= 4 is 5.96 Å². The van der Waals surface area contributed by atoms with E-state index in [4.69, 9.17) is 0 Å². The van der Waals surface area contributed by atoms with Crippen molar-refractivity contribution in [2.75, 3.05) is 19.6 Å². The van der Waals surface area contributed by atoms with Crippen molar-refractivity contribution in [2.45, 2.75) is 45.6 Å². The molecule has 3 N–H and O–H groups in total. The van der Waals surface area contributed by atoms with E-state index in [2.05, 4.69) is 15.6 Å². The second kappa shape index (κ2) is 9.41. The summed E-state index contributed by atoms with van der Waals surface area (Å²) in [6.07, 6.45) is 2.07. The van der Waals surface area contributed by atoms with Gasteiger partial charge in [0.15, 0.2) is 5.96 Å². The maximum Gasteiger partial charge on any atom is 0.191 e. The number of nitrogens with one attached hydrogen (secondary N) is 2. The molecule has 0 aliphatic rings. The first kappa shape index (κ1) is 18.4. The molecule has 0 amide bonds. The highest BCUT2D eigenvalue weighted by Gasteiger charge is 2.21. The third kappa shape index (κ3) is 6.43. The lowest BCUT2D eigenvalue weighted by molar-refractivity contribution is 0.0418. The fraction of sp³-hybridized carbons (Fsp3) is 0.588. The Kier molecular flexibility index (Phi) is 7.88. The zero-order chi connectivity index (χ0) is 16.4. The summed E-state index contributed by atoms with van der Waals surface area (Å²) in [7, 11) is 0. The van der Waals surface area contributed by atoms with Crippen LogP contribution in [0.5, 0.6) is 0 Å². The average molecular weight is 309 g/mol. The number of rotatable bonds is 8. The van der Waals surface area contributed by atoms with E-state index in [9.17, 15) is 9.50 Å². The molecule has 0 saturated carbocycles. The summed E-state index contributed by atoms with van der Waals surface area (Å²) < 4.78 is 13.1. The van der Waals surface area contributed by atoms with Crippen LogP contribution in [0.15, 0.2) is 29.3 Å². The third-order valence-electron chi connectivity index (χ3n) is 3.79. The molecular weight excluding hydrogens is 281 g/mol. The maximum atomic E-state index is 13.1. The minimum atomic E-state index is -0.745.